The normalized spacial score (nSPS) is 22.8. The molecule has 8 heteroatoms. The summed E-state index contributed by atoms with van der Waals surface area (Å²) in [5.74, 6) is 1.19. The molecule has 0 spiro atoms. The molecule has 2 aliphatic heterocycles. The van der Waals surface area contributed by atoms with Gasteiger partial charge in [-0.1, -0.05) is 6.07 Å². The standard InChI is InChI=1S/C22H26N6OS/c1-22(2)21(24)27-16-11-13(4-7-17(16)30-22)3-5-14-6-8-18(29-14)28-10-9-15-19(23)25-12-26-20(15)28/h4,7,9-12,14,18H,3,5-6,8H2,1-2H3,(H2,24,27)(H2,23,25,26). The van der Waals surface area contributed by atoms with E-state index in [1.54, 1.807) is 11.8 Å². The fourth-order valence-corrected chi connectivity index (χ4v) is 5.18. The summed E-state index contributed by atoms with van der Waals surface area (Å²) in [6.07, 6.45) is 7.65. The van der Waals surface area contributed by atoms with Crippen molar-refractivity contribution in [1.82, 2.24) is 14.5 Å². The second-order valence-corrected chi connectivity index (χ2v) is 10.1. The number of nitrogen functional groups attached to an aromatic ring is 1. The summed E-state index contributed by atoms with van der Waals surface area (Å²) >= 11 is 1.77. The van der Waals surface area contributed by atoms with Crippen molar-refractivity contribution in [1.29, 1.82) is 0 Å². The van der Waals surface area contributed by atoms with E-state index in [1.807, 2.05) is 12.3 Å². The molecule has 3 aromatic rings. The molecule has 30 heavy (non-hydrogen) atoms. The number of ether oxygens (including phenoxy) is 1. The number of hydrogen-bond donors (Lipinski definition) is 2. The van der Waals surface area contributed by atoms with Gasteiger partial charge in [-0.15, -0.1) is 11.8 Å². The number of rotatable bonds is 4. The Kier molecular flexibility index (Phi) is 4.71. The molecule has 4 heterocycles. The molecule has 0 amide bonds. The van der Waals surface area contributed by atoms with Crippen LogP contribution in [0.2, 0.25) is 0 Å². The molecule has 1 fully saturated rings. The van der Waals surface area contributed by atoms with Crippen LogP contribution in [0.1, 0.15) is 44.9 Å². The van der Waals surface area contributed by atoms with Gasteiger partial charge in [0.1, 0.15) is 29.9 Å². The first-order valence-electron chi connectivity index (χ1n) is 10.3. The van der Waals surface area contributed by atoms with E-state index in [-0.39, 0.29) is 17.1 Å². The zero-order valence-electron chi connectivity index (χ0n) is 17.2. The van der Waals surface area contributed by atoms with E-state index in [0.717, 1.165) is 42.4 Å². The Labute approximate surface area is 179 Å². The molecule has 156 valence electrons. The first-order chi connectivity index (χ1) is 14.4. The first-order valence-corrected chi connectivity index (χ1v) is 11.1. The van der Waals surface area contributed by atoms with Gasteiger partial charge in [0.15, 0.2) is 0 Å². The van der Waals surface area contributed by atoms with Crippen molar-refractivity contribution in [2.24, 2.45) is 10.7 Å². The molecule has 2 atom stereocenters. The molecule has 7 nitrogen and oxygen atoms in total. The van der Waals surface area contributed by atoms with Crippen molar-refractivity contribution < 1.29 is 4.74 Å². The molecule has 0 aliphatic carbocycles. The molecule has 1 aromatic carbocycles. The number of anilines is 1. The minimum atomic E-state index is -0.153. The Balaban J connectivity index is 1.25. The van der Waals surface area contributed by atoms with Crippen LogP contribution in [0.5, 0.6) is 0 Å². The number of aromatic nitrogens is 3. The predicted octanol–water partition coefficient (Wildman–Crippen LogP) is 4.20. The number of aryl methyl sites for hydroxylation is 1. The highest BCUT2D eigenvalue weighted by Crippen LogP contribution is 2.43. The van der Waals surface area contributed by atoms with E-state index in [9.17, 15) is 0 Å². The van der Waals surface area contributed by atoms with Crippen LogP contribution in [0.4, 0.5) is 11.5 Å². The Bertz CT molecular complexity index is 1140. The molecular weight excluding hydrogens is 396 g/mol. The zero-order valence-corrected chi connectivity index (χ0v) is 18.0. The van der Waals surface area contributed by atoms with Crippen LogP contribution >= 0.6 is 11.8 Å². The summed E-state index contributed by atoms with van der Waals surface area (Å²) in [5.41, 5.74) is 15.2. The summed E-state index contributed by atoms with van der Waals surface area (Å²) in [6.45, 7) is 4.21. The van der Waals surface area contributed by atoms with Crippen LogP contribution in [0.3, 0.4) is 0 Å². The van der Waals surface area contributed by atoms with E-state index in [0.29, 0.717) is 11.7 Å². The summed E-state index contributed by atoms with van der Waals surface area (Å²) in [5, 5.41) is 0.875. The lowest BCUT2D eigenvalue weighted by molar-refractivity contribution is 0.00120. The van der Waals surface area contributed by atoms with Crippen LogP contribution < -0.4 is 11.5 Å². The molecule has 0 radical (unpaired) electrons. The Hall–Kier alpha value is -2.58. The van der Waals surface area contributed by atoms with Gasteiger partial charge in [-0.3, -0.25) is 0 Å². The molecular formula is C22H26N6OS. The lowest BCUT2D eigenvalue weighted by atomic mass is 10.0. The van der Waals surface area contributed by atoms with Crippen molar-refractivity contribution in [3.8, 4) is 0 Å². The van der Waals surface area contributed by atoms with Gasteiger partial charge in [-0.05, 0) is 63.3 Å². The quantitative estimate of drug-likeness (QED) is 0.653. The highest BCUT2D eigenvalue weighted by atomic mass is 32.2. The van der Waals surface area contributed by atoms with E-state index in [4.69, 9.17) is 16.2 Å². The van der Waals surface area contributed by atoms with Crippen LogP contribution in [0.15, 0.2) is 46.7 Å². The highest BCUT2D eigenvalue weighted by Gasteiger charge is 2.30. The lowest BCUT2D eigenvalue weighted by Gasteiger charge is -2.28. The minimum Gasteiger partial charge on any atom is -0.386 e. The summed E-state index contributed by atoms with van der Waals surface area (Å²) < 4.78 is 8.26. The fourth-order valence-electron chi connectivity index (χ4n) is 4.14. The second-order valence-electron chi connectivity index (χ2n) is 8.46. The lowest BCUT2D eigenvalue weighted by Crippen LogP contribution is -2.36. The third kappa shape index (κ3) is 3.44. The van der Waals surface area contributed by atoms with E-state index in [1.165, 1.54) is 16.8 Å². The summed E-state index contributed by atoms with van der Waals surface area (Å²) in [7, 11) is 0. The number of benzene rings is 1. The van der Waals surface area contributed by atoms with Gasteiger partial charge in [0.05, 0.1) is 21.9 Å². The maximum absolute atomic E-state index is 6.34. The molecule has 4 N–H and O–H groups in total. The second kappa shape index (κ2) is 7.28. The average Bonchev–Trinajstić information content (AvgIpc) is 3.34. The van der Waals surface area contributed by atoms with Crippen molar-refractivity contribution in [2.45, 2.75) is 61.5 Å². The largest absolute Gasteiger partial charge is 0.386 e. The molecule has 5 rings (SSSR count). The van der Waals surface area contributed by atoms with Crippen LogP contribution in [-0.4, -0.2) is 31.2 Å². The third-order valence-corrected chi connectivity index (χ3v) is 7.22. The van der Waals surface area contributed by atoms with Gasteiger partial charge in [0.2, 0.25) is 0 Å². The Morgan fingerprint density at radius 2 is 2.07 bits per heavy atom. The van der Waals surface area contributed by atoms with Crippen molar-refractivity contribution in [2.75, 3.05) is 5.73 Å². The molecule has 2 aliphatic rings. The Morgan fingerprint density at radius 3 is 2.93 bits per heavy atom. The van der Waals surface area contributed by atoms with Crippen LogP contribution in [0.25, 0.3) is 11.0 Å². The molecule has 0 saturated carbocycles. The molecule has 2 aromatic heterocycles. The van der Waals surface area contributed by atoms with Crippen molar-refractivity contribution >= 4 is 40.1 Å². The van der Waals surface area contributed by atoms with E-state index < -0.39 is 0 Å². The minimum absolute atomic E-state index is 0.00615. The van der Waals surface area contributed by atoms with Crippen LogP contribution in [0, 0.1) is 0 Å². The fraction of sp³-hybridized carbons (Fsp3) is 0.409. The topological polar surface area (TPSA) is 104 Å². The van der Waals surface area contributed by atoms with Gasteiger partial charge >= 0.3 is 0 Å². The monoisotopic (exact) mass is 422 g/mol. The van der Waals surface area contributed by atoms with Gasteiger partial charge < -0.3 is 20.8 Å². The predicted molar refractivity (Wildman–Crippen MR) is 121 cm³/mol. The van der Waals surface area contributed by atoms with Gasteiger partial charge in [0, 0.05) is 11.1 Å². The maximum Gasteiger partial charge on any atom is 0.147 e. The number of nitrogens with zero attached hydrogens (tertiary/aromatic N) is 4. The Morgan fingerprint density at radius 1 is 1.20 bits per heavy atom. The molecule has 0 bridgehead atoms. The van der Waals surface area contributed by atoms with E-state index >= 15 is 0 Å². The van der Waals surface area contributed by atoms with Gasteiger partial charge in [-0.25, -0.2) is 15.0 Å². The SMILES string of the molecule is CC1(C)Sc2ccc(CCC3CCC(n4ccc5c(N)ncnc54)O3)cc2N=C1N. The summed E-state index contributed by atoms with van der Waals surface area (Å²) in [6, 6.07) is 8.49. The van der Waals surface area contributed by atoms with Crippen molar-refractivity contribution in [3.63, 3.8) is 0 Å². The van der Waals surface area contributed by atoms with Gasteiger partial charge in [0.25, 0.3) is 0 Å². The van der Waals surface area contributed by atoms with Crippen molar-refractivity contribution in [3.05, 3.63) is 42.4 Å². The average molecular weight is 423 g/mol. The smallest absolute Gasteiger partial charge is 0.147 e. The number of nitrogens with two attached hydrogens (primary N) is 2. The maximum atomic E-state index is 6.34. The number of amidine groups is 1. The summed E-state index contributed by atoms with van der Waals surface area (Å²) in [4.78, 5) is 14.3. The first kappa shape index (κ1) is 19.4. The zero-order chi connectivity index (χ0) is 20.9. The third-order valence-electron chi connectivity index (χ3n) is 5.94. The number of aliphatic imine (C=N–C) groups is 1. The molecule has 2 unspecified atom stereocenters. The molecule has 1 saturated heterocycles. The number of hydrogen-bond acceptors (Lipinski definition) is 7. The van der Waals surface area contributed by atoms with Crippen LogP contribution in [-0.2, 0) is 11.2 Å². The van der Waals surface area contributed by atoms with E-state index in [2.05, 4.69) is 51.6 Å². The van der Waals surface area contributed by atoms with Gasteiger partial charge in [-0.2, -0.15) is 0 Å². The number of thioether (sulfide) groups is 1. The highest BCUT2D eigenvalue weighted by molar-refractivity contribution is 8.01. The number of fused-ring (bicyclic) bond motifs is 2.